The van der Waals surface area contributed by atoms with Crippen LogP contribution in [0.5, 0.6) is 0 Å². The molecular weight excluding hydrogens is 697 g/mol. The van der Waals surface area contributed by atoms with Crippen molar-refractivity contribution in [3.63, 3.8) is 0 Å². The summed E-state index contributed by atoms with van der Waals surface area (Å²) in [7, 11) is 0. The predicted molar refractivity (Wildman–Crippen MR) is 160 cm³/mol. The Hall–Kier alpha value is -2.69. The highest BCUT2D eigenvalue weighted by atomic mass is 32.7. The van der Waals surface area contributed by atoms with E-state index in [0.29, 0.717) is 0 Å². The third-order valence-corrected chi connectivity index (χ3v) is 10.8. The molecule has 25 heteroatoms. The standard InChI is InChI=1S/C21H25FN10O10P2S2/c22-9-13-7(39-19(9)31-5-27-10-15(23)25-4-26-16(10)31)1-2-37-43(35,45)42-14-8(3-38-44(36,46)41-13)40-20(12(14)33)32-6-28-11-17(32)29-21(24)30-18(11)34/h4-9,12-14,19-20,33H,1-3H2,(H,35,45)(H,36,46)(H2,23,25,26)(H3,24,29,30,34)/t7-,8-,9-,12-,13-,14-,19-,20-,43-,44+/m1/s1. The maximum Gasteiger partial charge on any atom is 0.386 e. The summed E-state index contributed by atoms with van der Waals surface area (Å²) in [5.41, 5.74) is 11.1. The summed E-state index contributed by atoms with van der Waals surface area (Å²) in [6.07, 6.45) is -8.25. The van der Waals surface area contributed by atoms with Gasteiger partial charge in [0.05, 0.1) is 32.0 Å². The fourth-order valence-electron chi connectivity index (χ4n) is 5.50. The van der Waals surface area contributed by atoms with E-state index in [0.717, 1.165) is 0 Å². The highest BCUT2D eigenvalue weighted by Crippen LogP contribution is 2.60. The van der Waals surface area contributed by atoms with Gasteiger partial charge in [-0.1, -0.05) is 24.5 Å². The Balaban J connectivity index is 1.16. The molecule has 0 unspecified atom stereocenters. The molecule has 7 heterocycles. The number of halogens is 1. The van der Waals surface area contributed by atoms with E-state index in [4.69, 9.17) is 39.0 Å². The van der Waals surface area contributed by atoms with Gasteiger partial charge in [-0.3, -0.25) is 32.5 Å². The highest BCUT2D eigenvalue weighted by molar-refractivity contribution is 8.44. The van der Waals surface area contributed by atoms with Crippen molar-refractivity contribution in [2.45, 2.75) is 55.6 Å². The van der Waals surface area contributed by atoms with Crippen molar-refractivity contribution in [3.05, 3.63) is 29.3 Å². The molecule has 3 saturated heterocycles. The summed E-state index contributed by atoms with van der Waals surface area (Å²) in [6, 6.07) is 0. The number of imidazole rings is 2. The molecule has 0 aromatic carbocycles. The Morgan fingerprint density at radius 1 is 0.935 bits per heavy atom. The molecule has 0 aliphatic carbocycles. The van der Waals surface area contributed by atoms with Crippen LogP contribution in [-0.4, -0.2) is 94.0 Å². The number of hydrogen-bond acceptors (Lipinski definition) is 17. The highest BCUT2D eigenvalue weighted by Gasteiger charge is 2.53. The van der Waals surface area contributed by atoms with Gasteiger partial charge in [-0.15, -0.1) is 0 Å². The Morgan fingerprint density at radius 3 is 2.39 bits per heavy atom. The molecule has 20 nitrogen and oxygen atoms in total. The number of alkyl halides is 1. The van der Waals surface area contributed by atoms with Crippen molar-refractivity contribution < 1.29 is 46.2 Å². The number of nitrogen functional groups attached to an aromatic ring is 2. The number of rotatable bonds is 2. The minimum Gasteiger partial charge on any atom is -0.386 e. The Bertz CT molecular complexity index is 1970. The first kappa shape index (κ1) is 31.9. The lowest BCUT2D eigenvalue weighted by Crippen LogP contribution is -2.35. The van der Waals surface area contributed by atoms with Gasteiger partial charge in [0, 0.05) is 6.42 Å². The predicted octanol–water partition coefficient (Wildman–Crippen LogP) is 0.901. The molecule has 248 valence electrons. The van der Waals surface area contributed by atoms with E-state index in [1.165, 1.54) is 28.1 Å². The van der Waals surface area contributed by atoms with Crippen LogP contribution in [0.4, 0.5) is 16.2 Å². The molecule has 0 saturated carbocycles. The molecule has 0 spiro atoms. The van der Waals surface area contributed by atoms with Gasteiger partial charge in [0.1, 0.15) is 36.3 Å². The van der Waals surface area contributed by atoms with Crippen molar-refractivity contribution in [2.24, 2.45) is 0 Å². The molecule has 6 N–H and O–H groups in total. The average Bonchev–Trinajstić information content (AvgIpc) is 3.74. The third kappa shape index (κ3) is 5.72. The van der Waals surface area contributed by atoms with Crippen LogP contribution < -0.4 is 17.0 Å². The number of fused-ring (bicyclic) bond motifs is 4. The Labute approximate surface area is 266 Å². The number of H-pyrrole nitrogens is 1. The van der Waals surface area contributed by atoms with Gasteiger partial charge < -0.3 is 30.6 Å². The minimum absolute atomic E-state index is 0.0378. The second-order valence-electron chi connectivity index (χ2n) is 10.4. The molecule has 0 radical (unpaired) electrons. The van der Waals surface area contributed by atoms with Crippen LogP contribution in [0.25, 0.3) is 22.3 Å². The van der Waals surface area contributed by atoms with Gasteiger partial charge in [0.25, 0.3) is 5.56 Å². The topological polar surface area (TPSA) is 269 Å². The second kappa shape index (κ2) is 11.8. The van der Waals surface area contributed by atoms with E-state index in [9.17, 15) is 19.0 Å². The summed E-state index contributed by atoms with van der Waals surface area (Å²) in [5, 5.41) is 11.2. The summed E-state index contributed by atoms with van der Waals surface area (Å²) in [4.78, 5) is 34.7. The molecule has 0 amide bonds. The van der Waals surface area contributed by atoms with Gasteiger partial charge >= 0.3 is 13.6 Å². The van der Waals surface area contributed by atoms with Crippen molar-refractivity contribution in [3.8, 4) is 0 Å². The number of thiol groups is 2. The molecule has 4 aromatic heterocycles. The third-order valence-electron chi connectivity index (χ3n) is 7.53. The van der Waals surface area contributed by atoms with Gasteiger partial charge in [0.2, 0.25) is 5.95 Å². The smallest absolute Gasteiger partial charge is 0.386 e. The van der Waals surface area contributed by atoms with E-state index >= 15 is 4.39 Å². The maximum absolute atomic E-state index is 16.1. The van der Waals surface area contributed by atoms with E-state index in [1.807, 2.05) is 0 Å². The van der Waals surface area contributed by atoms with Gasteiger partial charge in [0.15, 0.2) is 41.3 Å². The van der Waals surface area contributed by atoms with Crippen LogP contribution >= 0.6 is 38.1 Å². The Morgan fingerprint density at radius 2 is 1.61 bits per heavy atom. The molecule has 10 atom stereocenters. The molecule has 7 rings (SSSR count). The number of ether oxygens (including phenoxy) is 2. The summed E-state index contributed by atoms with van der Waals surface area (Å²) >= 11 is 8.08. The summed E-state index contributed by atoms with van der Waals surface area (Å²) in [5.74, 6) is -0.159. The van der Waals surface area contributed by atoms with Crippen LogP contribution in [0.3, 0.4) is 0 Å². The summed E-state index contributed by atoms with van der Waals surface area (Å²) in [6.45, 7) is -9.63. The molecule has 3 aliphatic heterocycles. The number of hydrogen-bond donors (Lipinski definition) is 6. The number of nitrogens with one attached hydrogen (secondary N) is 1. The van der Waals surface area contributed by atoms with Crippen molar-refractivity contribution in [2.75, 3.05) is 24.7 Å². The van der Waals surface area contributed by atoms with Crippen LogP contribution in [0.15, 0.2) is 23.8 Å². The average molecular weight is 723 g/mol. The first-order chi connectivity index (χ1) is 21.8. The minimum atomic E-state index is -4.39. The monoisotopic (exact) mass is 722 g/mol. The molecule has 3 fully saturated rings. The lowest BCUT2D eigenvalue weighted by molar-refractivity contribution is -0.0493. The van der Waals surface area contributed by atoms with Gasteiger partial charge in [-0.05, 0) is 0 Å². The number of aliphatic hydroxyl groups is 1. The molecule has 4 aromatic rings. The van der Waals surface area contributed by atoms with Crippen LogP contribution in [0, 0.1) is 0 Å². The lowest BCUT2D eigenvalue weighted by atomic mass is 10.1. The number of aliphatic hydroxyl groups excluding tert-OH is 1. The molecule has 3 aliphatic rings. The van der Waals surface area contributed by atoms with Gasteiger partial charge in [-0.2, -0.15) is 4.98 Å². The number of nitrogens with two attached hydrogens (primary N) is 2. The van der Waals surface area contributed by atoms with E-state index < -0.39 is 74.9 Å². The quantitative estimate of drug-likeness (QED) is 0.124. The van der Waals surface area contributed by atoms with E-state index in [-0.39, 0.29) is 47.1 Å². The zero-order chi connectivity index (χ0) is 32.5. The van der Waals surface area contributed by atoms with Crippen molar-refractivity contribution >= 4 is 72.2 Å². The van der Waals surface area contributed by atoms with E-state index in [1.54, 1.807) is 0 Å². The number of aromatic amines is 1. The van der Waals surface area contributed by atoms with Crippen molar-refractivity contribution in [1.82, 2.24) is 39.0 Å². The number of nitrogens with zero attached hydrogens (tertiary/aromatic N) is 7. The van der Waals surface area contributed by atoms with Crippen LogP contribution in [0.2, 0.25) is 0 Å². The first-order valence-electron chi connectivity index (χ1n) is 13.4. The Kier molecular flexibility index (Phi) is 8.16. The zero-order valence-electron chi connectivity index (χ0n) is 23.0. The zero-order valence-corrected chi connectivity index (χ0v) is 26.6. The lowest BCUT2D eigenvalue weighted by Gasteiger charge is -2.24. The van der Waals surface area contributed by atoms with Crippen LogP contribution in [0.1, 0.15) is 18.9 Å². The summed E-state index contributed by atoms with van der Waals surface area (Å²) < 4.78 is 79.3. The second-order valence-corrected chi connectivity index (χ2v) is 16.2. The largest absolute Gasteiger partial charge is 0.386 e. The fourth-order valence-corrected chi connectivity index (χ4v) is 8.51. The number of aromatic nitrogens is 8. The maximum atomic E-state index is 16.1. The number of anilines is 2. The van der Waals surface area contributed by atoms with Gasteiger partial charge in [-0.25, -0.2) is 33.5 Å². The van der Waals surface area contributed by atoms with E-state index in [2.05, 4.69) is 54.4 Å². The van der Waals surface area contributed by atoms with Crippen molar-refractivity contribution in [1.29, 1.82) is 0 Å². The molecule has 46 heavy (non-hydrogen) atoms. The normalized spacial score (nSPS) is 37.4. The SMILES string of the molecule is Nc1nc2c(ncn2[C@@H]2O[C@@H]3CO[P@](=O)(S)O[C@H]4[C@@H](F)[C@H](n5cnc6c(N)ncnc65)O[C@@H]4CCO[P@@](=O)(S)O[C@H]3[C@H]2O)c(=O)[nH]1. The van der Waals surface area contributed by atoms with Crippen LogP contribution in [-0.2, 0) is 36.7 Å². The fraction of sp³-hybridized carbons (Fsp3) is 0.524. The first-order valence-corrected chi connectivity index (χ1v) is 18.8. The molecule has 0 bridgehead atoms. The molecular formula is C21H25FN10O10P2S2.